The predicted molar refractivity (Wildman–Crippen MR) is 66.7 cm³/mol. The zero-order chi connectivity index (χ0) is 11.7. The first kappa shape index (κ1) is 11.4. The number of rotatable bonds is 3. The highest BCUT2D eigenvalue weighted by atomic mass is 15.1. The van der Waals surface area contributed by atoms with Crippen molar-refractivity contribution in [3.8, 4) is 0 Å². The van der Waals surface area contributed by atoms with Gasteiger partial charge >= 0.3 is 0 Å². The molecular weight excluding hydrogens is 198 g/mol. The molecule has 1 aromatic heterocycles. The first-order valence-corrected chi connectivity index (χ1v) is 6.16. The van der Waals surface area contributed by atoms with Gasteiger partial charge in [0.05, 0.1) is 0 Å². The van der Waals surface area contributed by atoms with Crippen LogP contribution in [-0.2, 0) is 0 Å². The number of aromatic nitrogens is 2. The zero-order valence-corrected chi connectivity index (χ0v) is 10.7. The van der Waals surface area contributed by atoms with Crippen molar-refractivity contribution in [1.82, 2.24) is 9.97 Å². The number of nitrogens with one attached hydrogen (secondary N) is 1. The van der Waals surface area contributed by atoms with Gasteiger partial charge in [-0.25, -0.2) is 9.97 Å². The fourth-order valence-corrected chi connectivity index (χ4v) is 2.18. The summed E-state index contributed by atoms with van der Waals surface area (Å²) in [6.45, 7) is 8.34. The van der Waals surface area contributed by atoms with E-state index in [1.807, 2.05) is 13.8 Å². The highest BCUT2D eigenvalue weighted by molar-refractivity contribution is 5.46. The van der Waals surface area contributed by atoms with Crippen LogP contribution in [0.1, 0.15) is 43.3 Å². The molecule has 16 heavy (non-hydrogen) atoms. The quantitative estimate of drug-likeness (QED) is 0.849. The number of anilines is 1. The fraction of sp³-hybridized carbons (Fsp3) is 0.692. The molecule has 0 amide bonds. The molecule has 0 aromatic carbocycles. The minimum atomic E-state index is 0.529. The van der Waals surface area contributed by atoms with Gasteiger partial charge in [0.2, 0.25) is 0 Å². The van der Waals surface area contributed by atoms with Crippen LogP contribution in [0.2, 0.25) is 0 Å². The van der Waals surface area contributed by atoms with Crippen molar-refractivity contribution in [2.45, 2.75) is 53.0 Å². The molecule has 0 radical (unpaired) electrons. The Hall–Kier alpha value is -1.12. The Morgan fingerprint density at radius 2 is 1.88 bits per heavy atom. The Balaban J connectivity index is 2.13. The molecule has 0 aliphatic heterocycles. The third-order valence-corrected chi connectivity index (χ3v) is 3.72. The molecule has 1 aliphatic rings. The van der Waals surface area contributed by atoms with Gasteiger partial charge in [0, 0.05) is 17.3 Å². The minimum absolute atomic E-state index is 0.529. The lowest BCUT2D eigenvalue weighted by atomic mass is 9.80. The number of nitrogens with zero attached hydrogens (tertiary/aromatic N) is 2. The Morgan fingerprint density at radius 1 is 1.19 bits per heavy atom. The van der Waals surface area contributed by atoms with E-state index >= 15 is 0 Å². The van der Waals surface area contributed by atoms with E-state index in [0.29, 0.717) is 6.04 Å². The average molecular weight is 219 g/mol. The van der Waals surface area contributed by atoms with Crippen LogP contribution in [0, 0.1) is 26.7 Å². The maximum atomic E-state index is 4.49. The summed E-state index contributed by atoms with van der Waals surface area (Å²) in [5.74, 6) is 2.70. The number of hydrogen-bond donors (Lipinski definition) is 1. The molecule has 1 saturated carbocycles. The van der Waals surface area contributed by atoms with Crippen LogP contribution in [0.15, 0.2) is 0 Å². The van der Waals surface area contributed by atoms with Gasteiger partial charge in [-0.05, 0) is 46.5 Å². The van der Waals surface area contributed by atoms with Crippen molar-refractivity contribution in [2.24, 2.45) is 5.92 Å². The first-order chi connectivity index (χ1) is 7.58. The lowest BCUT2D eigenvalue weighted by molar-refractivity contribution is 0.285. The summed E-state index contributed by atoms with van der Waals surface area (Å²) in [4.78, 5) is 8.86. The van der Waals surface area contributed by atoms with E-state index in [-0.39, 0.29) is 0 Å². The summed E-state index contributed by atoms with van der Waals surface area (Å²) >= 11 is 0. The SMILES string of the molecule is Cc1nc(C)c(C)c(N[C@H](C)C2CCC2)n1. The largest absolute Gasteiger partial charge is 0.367 e. The van der Waals surface area contributed by atoms with Crippen LogP contribution in [0.4, 0.5) is 5.82 Å². The van der Waals surface area contributed by atoms with Crippen molar-refractivity contribution in [2.75, 3.05) is 5.32 Å². The highest BCUT2D eigenvalue weighted by Gasteiger charge is 2.24. The Labute approximate surface area is 97.7 Å². The molecule has 0 unspecified atom stereocenters. The van der Waals surface area contributed by atoms with Crippen molar-refractivity contribution < 1.29 is 0 Å². The number of aryl methyl sites for hydroxylation is 2. The third kappa shape index (κ3) is 2.18. The van der Waals surface area contributed by atoms with E-state index in [2.05, 4.69) is 29.1 Å². The van der Waals surface area contributed by atoms with Crippen molar-refractivity contribution in [1.29, 1.82) is 0 Å². The van der Waals surface area contributed by atoms with E-state index in [4.69, 9.17) is 0 Å². The van der Waals surface area contributed by atoms with Crippen LogP contribution in [0.25, 0.3) is 0 Å². The van der Waals surface area contributed by atoms with E-state index in [1.54, 1.807) is 0 Å². The molecule has 1 heterocycles. The summed E-state index contributed by atoms with van der Waals surface area (Å²) < 4.78 is 0. The third-order valence-electron chi connectivity index (χ3n) is 3.72. The van der Waals surface area contributed by atoms with Crippen LogP contribution in [0.5, 0.6) is 0 Å². The first-order valence-electron chi connectivity index (χ1n) is 6.16. The Bertz CT molecular complexity index is 383. The molecule has 3 heteroatoms. The zero-order valence-electron chi connectivity index (χ0n) is 10.7. The summed E-state index contributed by atoms with van der Waals surface area (Å²) in [7, 11) is 0. The van der Waals surface area contributed by atoms with Gasteiger partial charge in [-0.15, -0.1) is 0 Å². The Kier molecular flexibility index (Phi) is 3.13. The molecule has 1 aliphatic carbocycles. The summed E-state index contributed by atoms with van der Waals surface area (Å²) in [6.07, 6.45) is 4.10. The second-order valence-electron chi connectivity index (χ2n) is 4.95. The average Bonchev–Trinajstić information content (AvgIpc) is 2.10. The molecule has 2 rings (SSSR count). The van der Waals surface area contributed by atoms with E-state index < -0.39 is 0 Å². The lowest BCUT2D eigenvalue weighted by Gasteiger charge is -2.32. The van der Waals surface area contributed by atoms with Gasteiger partial charge in [0.15, 0.2) is 0 Å². The lowest BCUT2D eigenvalue weighted by Crippen LogP contribution is -2.31. The molecule has 3 nitrogen and oxygen atoms in total. The van der Waals surface area contributed by atoms with Gasteiger partial charge < -0.3 is 5.32 Å². The fourth-order valence-electron chi connectivity index (χ4n) is 2.18. The summed E-state index contributed by atoms with van der Waals surface area (Å²) in [5, 5.41) is 3.54. The normalized spacial score (nSPS) is 18.0. The molecule has 0 saturated heterocycles. The maximum Gasteiger partial charge on any atom is 0.133 e. The van der Waals surface area contributed by atoms with Gasteiger partial charge in [-0.2, -0.15) is 0 Å². The molecule has 0 spiro atoms. The van der Waals surface area contributed by atoms with Crippen molar-refractivity contribution in [3.05, 3.63) is 17.1 Å². The van der Waals surface area contributed by atoms with Gasteiger partial charge in [-0.1, -0.05) is 6.42 Å². The van der Waals surface area contributed by atoms with E-state index in [0.717, 1.165) is 23.3 Å². The summed E-state index contributed by atoms with van der Waals surface area (Å²) in [5.41, 5.74) is 2.26. The predicted octanol–water partition coefficient (Wildman–Crippen LogP) is 3.00. The molecule has 1 fully saturated rings. The molecule has 1 aromatic rings. The molecule has 1 N–H and O–H groups in total. The van der Waals surface area contributed by atoms with Crippen LogP contribution >= 0.6 is 0 Å². The van der Waals surface area contributed by atoms with Gasteiger partial charge in [-0.3, -0.25) is 0 Å². The van der Waals surface area contributed by atoms with Gasteiger partial charge in [0.25, 0.3) is 0 Å². The van der Waals surface area contributed by atoms with Crippen LogP contribution in [-0.4, -0.2) is 16.0 Å². The standard InChI is InChI=1S/C13H21N3/c1-8-9(2)14-11(4)16-13(8)15-10(3)12-6-5-7-12/h10,12H,5-7H2,1-4H3,(H,14,15,16)/t10-/m1/s1. The molecular formula is C13H21N3. The monoisotopic (exact) mass is 219 g/mol. The van der Waals surface area contributed by atoms with Crippen molar-refractivity contribution in [3.63, 3.8) is 0 Å². The van der Waals surface area contributed by atoms with Gasteiger partial charge in [0.1, 0.15) is 11.6 Å². The summed E-state index contributed by atoms with van der Waals surface area (Å²) in [6, 6.07) is 0.529. The highest BCUT2D eigenvalue weighted by Crippen LogP contribution is 2.31. The second-order valence-corrected chi connectivity index (χ2v) is 4.95. The smallest absolute Gasteiger partial charge is 0.133 e. The van der Waals surface area contributed by atoms with Crippen LogP contribution < -0.4 is 5.32 Å². The second kappa shape index (κ2) is 4.40. The topological polar surface area (TPSA) is 37.8 Å². The van der Waals surface area contributed by atoms with Crippen molar-refractivity contribution >= 4 is 5.82 Å². The van der Waals surface area contributed by atoms with E-state index in [1.165, 1.54) is 24.8 Å². The maximum absolute atomic E-state index is 4.49. The molecule has 0 bridgehead atoms. The van der Waals surface area contributed by atoms with Crippen LogP contribution in [0.3, 0.4) is 0 Å². The molecule has 1 atom stereocenters. The number of hydrogen-bond acceptors (Lipinski definition) is 3. The van der Waals surface area contributed by atoms with E-state index in [9.17, 15) is 0 Å². The minimum Gasteiger partial charge on any atom is -0.367 e. The Morgan fingerprint density at radius 3 is 2.44 bits per heavy atom. The molecule has 88 valence electrons.